The minimum absolute atomic E-state index is 0.000512. The molecule has 1 aromatic heterocycles. The lowest BCUT2D eigenvalue weighted by Crippen LogP contribution is -2.47. The number of nitrogens with one attached hydrogen (secondary N) is 1. The lowest BCUT2D eigenvalue weighted by atomic mass is 9.78. The molecule has 1 aliphatic heterocycles. The van der Waals surface area contributed by atoms with Gasteiger partial charge in [0, 0.05) is 16.8 Å². The predicted octanol–water partition coefficient (Wildman–Crippen LogP) is 4.53. The maximum absolute atomic E-state index is 13.2. The lowest BCUT2D eigenvalue weighted by molar-refractivity contribution is -0.158. The summed E-state index contributed by atoms with van der Waals surface area (Å²) in [5, 5.41) is 1.59. The zero-order valence-corrected chi connectivity index (χ0v) is 23.8. The van der Waals surface area contributed by atoms with E-state index in [1.54, 1.807) is 40.7 Å². The quantitative estimate of drug-likeness (QED) is 0.370. The molecule has 8 nitrogen and oxygen atoms in total. The number of furan rings is 1. The van der Waals surface area contributed by atoms with Crippen LogP contribution >= 0.6 is 0 Å². The monoisotopic (exact) mass is 529 g/mol. The lowest BCUT2D eigenvalue weighted by Gasteiger charge is -2.32. The molecule has 0 radical (unpaired) electrons. The van der Waals surface area contributed by atoms with Crippen LogP contribution in [0.2, 0.25) is 0 Å². The summed E-state index contributed by atoms with van der Waals surface area (Å²) in [6.07, 6.45) is 0. The second-order valence-corrected chi connectivity index (χ2v) is 13.7. The first-order chi connectivity index (χ1) is 16.9. The normalized spacial score (nSPS) is 18.6. The number of ether oxygens (including phenoxy) is 1. The molecule has 1 fully saturated rings. The van der Waals surface area contributed by atoms with Gasteiger partial charge in [0.05, 0.1) is 16.1 Å². The Kier molecular flexibility index (Phi) is 6.81. The van der Waals surface area contributed by atoms with Crippen molar-refractivity contribution in [3.63, 3.8) is 0 Å². The van der Waals surface area contributed by atoms with Gasteiger partial charge in [-0.05, 0) is 78.0 Å². The van der Waals surface area contributed by atoms with Gasteiger partial charge in [-0.25, -0.2) is 8.42 Å². The van der Waals surface area contributed by atoms with Crippen molar-refractivity contribution in [2.45, 2.75) is 90.1 Å². The molecule has 2 heterocycles. The van der Waals surface area contributed by atoms with Gasteiger partial charge >= 0.3 is 13.1 Å². The van der Waals surface area contributed by atoms with E-state index in [1.807, 2.05) is 45.9 Å². The first-order valence-electron chi connectivity index (χ1n) is 12.5. The number of hydrogen-bond donors (Lipinski definition) is 1. The third-order valence-corrected chi connectivity index (χ3v) is 8.35. The molecular weight excluding hydrogens is 493 g/mol. The van der Waals surface area contributed by atoms with Gasteiger partial charge in [0.1, 0.15) is 22.8 Å². The maximum atomic E-state index is 13.2. The van der Waals surface area contributed by atoms with Crippen LogP contribution in [0.5, 0.6) is 0 Å². The summed E-state index contributed by atoms with van der Waals surface area (Å²) in [5.41, 5.74) is 0.225. The Morgan fingerprint density at radius 3 is 2.14 bits per heavy atom. The molecule has 1 N–H and O–H groups in total. The molecule has 1 atom stereocenters. The van der Waals surface area contributed by atoms with Crippen LogP contribution in [0.25, 0.3) is 21.9 Å². The van der Waals surface area contributed by atoms with E-state index in [0.717, 1.165) is 16.2 Å². The van der Waals surface area contributed by atoms with Gasteiger partial charge in [-0.2, -0.15) is 4.72 Å². The average Bonchev–Trinajstić information content (AvgIpc) is 3.22. The van der Waals surface area contributed by atoms with E-state index in [-0.39, 0.29) is 10.8 Å². The Bertz CT molecular complexity index is 1430. The number of fused-ring (bicyclic) bond motifs is 3. The van der Waals surface area contributed by atoms with Crippen molar-refractivity contribution < 1.29 is 31.7 Å². The summed E-state index contributed by atoms with van der Waals surface area (Å²) in [6, 6.07) is 9.33. The van der Waals surface area contributed by atoms with Gasteiger partial charge in [-0.15, -0.1) is 0 Å². The van der Waals surface area contributed by atoms with Crippen LogP contribution in [0, 0.1) is 5.92 Å². The average molecular weight is 529 g/mol. The second-order valence-electron chi connectivity index (χ2n) is 12.0. The Morgan fingerprint density at radius 1 is 0.946 bits per heavy atom. The number of carbonyl (C=O) groups is 1. The summed E-state index contributed by atoms with van der Waals surface area (Å²) in [4.78, 5) is 12.7. The first kappa shape index (κ1) is 27.6. The van der Waals surface area contributed by atoms with Crippen molar-refractivity contribution in [1.82, 2.24) is 4.72 Å². The van der Waals surface area contributed by atoms with Crippen molar-refractivity contribution in [1.29, 1.82) is 0 Å². The van der Waals surface area contributed by atoms with Crippen LogP contribution in [0.4, 0.5) is 0 Å². The highest BCUT2D eigenvalue weighted by Gasteiger charge is 2.51. The molecule has 37 heavy (non-hydrogen) atoms. The second kappa shape index (κ2) is 9.11. The Hall–Kier alpha value is -2.40. The van der Waals surface area contributed by atoms with Gasteiger partial charge in [0.25, 0.3) is 0 Å². The van der Waals surface area contributed by atoms with Crippen LogP contribution in [0.15, 0.2) is 45.7 Å². The molecule has 3 aromatic rings. The molecule has 0 saturated carbocycles. The van der Waals surface area contributed by atoms with Crippen LogP contribution in [-0.2, 0) is 28.9 Å². The summed E-state index contributed by atoms with van der Waals surface area (Å²) >= 11 is 0. The van der Waals surface area contributed by atoms with E-state index in [0.29, 0.717) is 11.2 Å². The van der Waals surface area contributed by atoms with Gasteiger partial charge in [0.2, 0.25) is 10.0 Å². The van der Waals surface area contributed by atoms with Gasteiger partial charge in [-0.3, -0.25) is 4.79 Å². The van der Waals surface area contributed by atoms with Crippen molar-refractivity contribution in [2.75, 3.05) is 0 Å². The predicted molar refractivity (Wildman–Crippen MR) is 144 cm³/mol. The third-order valence-electron chi connectivity index (χ3n) is 6.91. The Morgan fingerprint density at radius 2 is 1.57 bits per heavy atom. The minimum atomic E-state index is -4.03. The van der Waals surface area contributed by atoms with E-state index >= 15 is 0 Å². The van der Waals surface area contributed by atoms with Crippen molar-refractivity contribution >= 4 is 50.5 Å². The van der Waals surface area contributed by atoms with Crippen molar-refractivity contribution in [3.8, 4) is 0 Å². The van der Waals surface area contributed by atoms with Gasteiger partial charge in [-0.1, -0.05) is 26.0 Å². The van der Waals surface area contributed by atoms with E-state index in [2.05, 4.69) is 4.72 Å². The van der Waals surface area contributed by atoms with E-state index in [4.69, 9.17) is 18.5 Å². The summed E-state index contributed by atoms with van der Waals surface area (Å²) < 4.78 is 52.8. The number of hydrogen-bond acceptors (Lipinski definition) is 7. The fraction of sp³-hybridized carbons (Fsp3) is 0.519. The fourth-order valence-electron chi connectivity index (χ4n) is 4.12. The zero-order valence-electron chi connectivity index (χ0n) is 23.0. The van der Waals surface area contributed by atoms with Crippen LogP contribution in [-0.4, -0.2) is 44.4 Å². The number of esters is 1. The van der Waals surface area contributed by atoms with Crippen molar-refractivity contribution in [3.05, 3.63) is 36.4 Å². The largest absolute Gasteiger partial charge is 0.494 e. The topological polar surface area (TPSA) is 104 Å². The number of carbonyl (C=O) groups excluding carboxylic acids is 1. The molecule has 0 amide bonds. The van der Waals surface area contributed by atoms with E-state index in [1.165, 1.54) is 12.1 Å². The molecule has 4 rings (SSSR count). The highest BCUT2D eigenvalue weighted by Crippen LogP contribution is 2.37. The molecule has 2 aromatic carbocycles. The first-order valence-corrected chi connectivity index (χ1v) is 14.0. The standard InChI is InChI=1S/C27H36BNO7S/c1-16(2)23(24(30)34-25(3,4)5)29-37(31,32)18-11-12-19-20-14-17(10-13-21(20)33-22(19)15-18)28-35-26(6,7)27(8,9)36-28/h10-16,23,29H,1-9H3/t23-/m0/s1. The Balaban J connectivity index is 1.65. The summed E-state index contributed by atoms with van der Waals surface area (Å²) in [7, 11) is -4.56. The molecule has 0 unspecified atom stereocenters. The molecule has 200 valence electrons. The highest BCUT2D eigenvalue weighted by atomic mass is 32.2. The van der Waals surface area contributed by atoms with Crippen molar-refractivity contribution in [2.24, 2.45) is 5.92 Å². The van der Waals surface area contributed by atoms with Crippen LogP contribution < -0.4 is 10.2 Å². The highest BCUT2D eigenvalue weighted by molar-refractivity contribution is 7.89. The number of rotatable bonds is 6. The smallest absolute Gasteiger partial charge is 0.459 e. The molecular formula is C27H36BNO7S. The summed E-state index contributed by atoms with van der Waals surface area (Å²) in [6.45, 7) is 16.7. The van der Waals surface area contributed by atoms with Gasteiger partial charge < -0.3 is 18.5 Å². The Labute approximate surface area is 219 Å². The van der Waals surface area contributed by atoms with Gasteiger partial charge in [0.15, 0.2) is 0 Å². The molecule has 10 heteroatoms. The molecule has 0 aliphatic carbocycles. The van der Waals surface area contributed by atoms with E-state index < -0.39 is 46.0 Å². The molecule has 0 bridgehead atoms. The van der Waals surface area contributed by atoms with E-state index in [9.17, 15) is 13.2 Å². The third kappa shape index (κ3) is 5.43. The maximum Gasteiger partial charge on any atom is 0.494 e. The molecule has 1 saturated heterocycles. The van der Waals surface area contributed by atoms with Crippen LogP contribution in [0.3, 0.4) is 0 Å². The number of benzene rings is 2. The molecule has 1 aliphatic rings. The molecule has 0 spiro atoms. The number of sulfonamides is 1. The van der Waals surface area contributed by atoms with Crippen LogP contribution in [0.1, 0.15) is 62.3 Å². The fourth-order valence-corrected chi connectivity index (χ4v) is 5.47. The minimum Gasteiger partial charge on any atom is -0.459 e. The SMILES string of the molecule is CC(C)[C@H](NS(=O)(=O)c1ccc2c(c1)oc1ccc(B3OC(C)(C)C(C)(C)O3)cc12)C(=O)OC(C)(C)C. The zero-order chi connectivity index (χ0) is 27.6. The summed E-state index contributed by atoms with van der Waals surface area (Å²) in [5.74, 6) is -0.931.